The molecular weight excluding hydrogens is 217 g/mol. The summed E-state index contributed by atoms with van der Waals surface area (Å²) in [5.74, 6) is 0.626. The van der Waals surface area contributed by atoms with Crippen LogP contribution in [-0.2, 0) is 13.2 Å². The van der Waals surface area contributed by atoms with Crippen LogP contribution in [0.2, 0.25) is 0 Å². The monoisotopic (exact) mass is 237 g/mol. The molecule has 0 spiro atoms. The highest BCUT2D eigenvalue weighted by molar-refractivity contribution is 5.24. The molecule has 0 atom stereocenters. The Kier molecular flexibility index (Phi) is 4.13. The van der Waals surface area contributed by atoms with E-state index in [1.807, 2.05) is 0 Å². The van der Waals surface area contributed by atoms with Gasteiger partial charge in [0.2, 0.25) is 0 Å². The Morgan fingerprint density at radius 3 is 2.71 bits per heavy atom. The molecule has 0 aromatic heterocycles. The second-order valence-electron chi connectivity index (χ2n) is 5.04. The van der Waals surface area contributed by atoms with Crippen molar-refractivity contribution in [2.45, 2.75) is 32.9 Å². The Hall–Kier alpha value is -0.930. The number of halogens is 1. The maximum absolute atomic E-state index is 13.6. The van der Waals surface area contributed by atoms with Gasteiger partial charge in [-0.25, -0.2) is 4.39 Å². The summed E-state index contributed by atoms with van der Waals surface area (Å²) in [5, 5.41) is 9.06. The van der Waals surface area contributed by atoms with Gasteiger partial charge < -0.3 is 5.11 Å². The summed E-state index contributed by atoms with van der Waals surface area (Å²) in [6.07, 6.45) is 2.39. The number of hydrogen-bond donors (Lipinski definition) is 1. The van der Waals surface area contributed by atoms with Crippen molar-refractivity contribution in [2.75, 3.05) is 13.1 Å². The molecule has 0 radical (unpaired) electrons. The molecule has 17 heavy (non-hydrogen) atoms. The molecule has 1 aromatic rings. The van der Waals surface area contributed by atoms with Gasteiger partial charge in [0.05, 0.1) is 6.61 Å². The fourth-order valence-corrected chi connectivity index (χ4v) is 2.31. The van der Waals surface area contributed by atoms with Crippen molar-refractivity contribution in [1.82, 2.24) is 4.90 Å². The topological polar surface area (TPSA) is 23.5 Å². The summed E-state index contributed by atoms with van der Waals surface area (Å²) < 4.78 is 13.6. The second-order valence-corrected chi connectivity index (χ2v) is 5.04. The van der Waals surface area contributed by atoms with Gasteiger partial charge in [-0.15, -0.1) is 0 Å². The third kappa shape index (κ3) is 3.27. The van der Waals surface area contributed by atoms with E-state index in [0.717, 1.165) is 24.6 Å². The molecule has 2 rings (SSSR count). The fourth-order valence-electron chi connectivity index (χ4n) is 2.31. The lowest BCUT2D eigenvalue weighted by molar-refractivity contribution is 0.183. The first-order valence-corrected chi connectivity index (χ1v) is 6.29. The van der Waals surface area contributed by atoms with Crippen LogP contribution in [0.1, 0.15) is 30.9 Å². The Balaban J connectivity index is 2.02. The van der Waals surface area contributed by atoms with Crippen LogP contribution in [0.3, 0.4) is 0 Å². The molecule has 1 saturated heterocycles. The minimum absolute atomic E-state index is 0.0235. The minimum Gasteiger partial charge on any atom is -0.392 e. The van der Waals surface area contributed by atoms with E-state index in [-0.39, 0.29) is 12.4 Å². The molecular formula is C14H20FNO. The first kappa shape index (κ1) is 12.5. The summed E-state index contributed by atoms with van der Waals surface area (Å²) >= 11 is 0. The zero-order chi connectivity index (χ0) is 12.3. The smallest absolute Gasteiger partial charge is 0.127 e. The number of piperidine rings is 1. The number of aliphatic hydroxyl groups is 1. The van der Waals surface area contributed by atoms with Crippen LogP contribution in [0.25, 0.3) is 0 Å². The van der Waals surface area contributed by atoms with Crippen molar-refractivity contribution in [2.24, 2.45) is 5.92 Å². The summed E-state index contributed by atoms with van der Waals surface area (Å²) in [4.78, 5) is 2.29. The molecule has 3 heteroatoms. The number of rotatable bonds is 3. The van der Waals surface area contributed by atoms with E-state index >= 15 is 0 Å². The molecule has 0 aliphatic carbocycles. The SMILES string of the molecule is CC1CCN(Cc2cc(CO)ccc2F)CC1. The van der Waals surface area contributed by atoms with Crippen LogP contribution in [0.5, 0.6) is 0 Å². The largest absolute Gasteiger partial charge is 0.392 e. The zero-order valence-corrected chi connectivity index (χ0v) is 10.3. The van der Waals surface area contributed by atoms with Crippen LogP contribution in [-0.4, -0.2) is 23.1 Å². The average Bonchev–Trinajstić information content (AvgIpc) is 2.35. The molecule has 0 amide bonds. The maximum atomic E-state index is 13.6. The summed E-state index contributed by atoms with van der Waals surface area (Å²) in [6, 6.07) is 4.86. The lowest BCUT2D eigenvalue weighted by Gasteiger charge is -2.30. The Bertz CT molecular complexity index is 372. The molecule has 0 bridgehead atoms. The minimum atomic E-state index is -0.166. The van der Waals surface area contributed by atoms with Gasteiger partial charge in [-0.1, -0.05) is 13.0 Å². The predicted octanol–water partition coefficient (Wildman–Crippen LogP) is 2.55. The third-order valence-corrected chi connectivity index (χ3v) is 3.56. The van der Waals surface area contributed by atoms with Crippen LogP contribution in [0.4, 0.5) is 4.39 Å². The standard InChI is InChI=1S/C14H20FNO/c1-11-4-6-16(7-5-11)9-13-8-12(10-17)2-3-14(13)15/h2-3,8,11,17H,4-7,9-10H2,1H3. The van der Waals surface area contributed by atoms with Gasteiger partial charge in [0, 0.05) is 12.1 Å². The molecule has 1 aliphatic rings. The molecule has 94 valence electrons. The number of aliphatic hydroxyl groups excluding tert-OH is 1. The molecule has 0 saturated carbocycles. The van der Waals surface area contributed by atoms with Crippen molar-refractivity contribution in [3.8, 4) is 0 Å². The van der Waals surface area contributed by atoms with Gasteiger partial charge in [-0.05, 0) is 49.5 Å². The number of likely N-dealkylation sites (tertiary alicyclic amines) is 1. The molecule has 2 nitrogen and oxygen atoms in total. The fraction of sp³-hybridized carbons (Fsp3) is 0.571. The van der Waals surface area contributed by atoms with E-state index < -0.39 is 0 Å². The number of hydrogen-bond acceptors (Lipinski definition) is 2. The van der Waals surface area contributed by atoms with E-state index in [1.165, 1.54) is 18.9 Å². The van der Waals surface area contributed by atoms with Gasteiger partial charge in [-0.2, -0.15) is 0 Å². The van der Waals surface area contributed by atoms with Crippen molar-refractivity contribution < 1.29 is 9.50 Å². The van der Waals surface area contributed by atoms with E-state index in [0.29, 0.717) is 12.1 Å². The highest BCUT2D eigenvalue weighted by Crippen LogP contribution is 2.20. The third-order valence-electron chi connectivity index (χ3n) is 3.56. The molecule has 1 aliphatic heterocycles. The highest BCUT2D eigenvalue weighted by Gasteiger charge is 2.17. The van der Waals surface area contributed by atoms with Crippen LogP contribution >= 0.6 is 0 Å². The van der Waals surface area contributed by atoms with Crippen LogP contribution in [0, 0.1) is 11.7 Å². The van der Waals surface area contributed by atoms with Gasteiger partial charge in [0.15, 0.2) is 0 Å². The zero-order valence-electron chi connectivity index (χ0n) is 10.3. The van der Waals surface area contributed by atoms with Gasteiger partial charge in [-0.3, -0.25) is 4.90 Å². The Morgan fingerprint density at radius 2 is 2.06 bits per heavy atom. The lowest BCUT2D eigenvalue weighted by atomic mass is 9.98. The van der Waals surface area contributed by atoms with Crippen molar-refractivity contribution in [3.05, 3.63) is 35.1 Å². The molecule has 1 fully saturated rings. The van der Waals surface area contributed by atoms with Crippen molar-refractivity contribution in [1.29, 1.82) is 0 Å². The second kappa shape index (κ2) is 5.61. The number of nitrogens with zero attached hydrogens (tertiary/aromatic N) is 1. The van der Waals surface area contributed by atoms with E-state index in [1.54, 1.807) is 12.1 Å². The molecule has 1 N–H and O–H groups in total. The molecule has 1 heterocycles. The predicted molar refractivity (Wildman–Crippen MR) is 66.0 cm³/mol. The van der Waals surface area contributed by atoms with E-state index in [4.69, 9.17) is 5.11 Å². The summed E-state index contributed by atoms with van der Waals surface area (Å²) in [5.41, 5.74) is 1.48. The summed E-state index contributed by atoms with van der Waals surface area (Å²) in [6.45, 7) is 4.99. The Labute approximate surface area is 102 Å². The van der Waals surface area contributed by atoms with Crippen LogP contribution < -0.4 is 0 Å². The van der Waals surface area contributed by atoms with Gasteiger partial charge >= 0.3 is 0 Å². The van der Waals surface area contributed by atoms with E-state index in [9.17, 15) is 4.39 Å². The van der Waals surface area contributed by atoms with Gasteiger partial charge in [0.1, 0.15) is 5.82 Å². The lowest BCUT2D eigenvalue weighted by Crippen LogP contribution is -2.32. The maximum Gasteiger partial charge on any atom is 0.127 e. The normalized spacial score (nSPS) is 18.5. The highest BCUT2D eigenvalue weighted by atomic mass is 19.1. The first-order valence-electron chi connectivity index (χ1n) is 6.29. The first-order chi connectivity index (χ1) is 8.19. The molecule has 0 unspecified atom stereocenters. The van der Waals surface area contributed by atoms with Gasteiger partial charge in [0.25, 0.3) is 0 Å². The Morgan fingerprint density at radius 1 is 1.35 bits per heavy atom. The quantitative estimate of drug-likeness (QED) is 0.873. The average molecular weight is 237 g/mol. The van der Waals surface area contributed by atoms with E-state index in [2.05, 4.69) is 11.8 Å². The van der Waals surface area contributed by atoms with Crippen LogP contribution in [0.15, 0.2) is 18.2 Å². The summed E-state index contributed by atoms with van der Waals surface area (Å²) in [7, 11) is 0. The van der Waals surface area contributed by atoms with Crippen molar-refractivity contribution >= 4 is 0 Å². The van der Waals surface area contributed by atoms with Crippen molar-refractivity contribution in [3.63, 3.8) is 0 Å². The number of benzene rings is 1. The molecule has 1 aromatic carbocycles.